The van der Waals surface area contributed by atoms with Gasteiger partial charge in [-0.25, -0.2) is 0 Å². The highest BCUT2D eigenvalue weighted by Gasteiger charge is 2.15. The molecular weight excluding hydrogens is 270 g/mol. The maximum atomic E-state index is 11.9. The van der Waals surface area contributed by atoms with Gasteiger partial charge >= 0.3 is 0 Å². The van der Waals surface area contributed by atoms with Crippen molar-refractivity contribution in [3.8, 4) is 23.0 Å². The molecule has 0 saturated carbocycles. The van der Waals surface area contributed by atoms with Crippen LogP contribution in [-0.4, -0.2) is 31.3 Å². The number of Topliss-reactive ketones (excluding diaryl/α,β-unsaturated/α-hetero) is 1. The lowest BCUT2D eigenvalue weighted by Gasteiger charge is -2.05. The summed E-state index contributed by atoms with van der Waals surface area (Å²) in [5, 5.41) is 0. The summed E-state index contributed by atoms with van der Waals surface area (Å²) >= 11 is 0. The normalized spacial score (nSPS) is 11.2. The fourth-order valence-electron chi connectivity index (χ4n) is 2.01. The molecule has 0 aliphatic carbocycles. The van der Waals surface area contributed by atoms with E-state index in [0.717, 1.165) is 0 Å². The van der Waals surface area contributed by atoms with Gasteiger partial charge in [0.15, 0.2) is 28.8 Å². The fourth-order valence-corrected chi connectivity index (χ4v) is 2.01. The van der Waals surface area contributed by atoms with Crippen LogP contribution in [0.5, 0.6) is 0 Å². The zero-order chi connectivity index (χ0) is 14.8. The largest absolute Gasteiger partial charge is 0.461 e. The molecule has 0 fully saturated rings. The summed E-state index contributed by atoms with van der Waals surface area (Å²) in [6, 6.07) is 10.6. The first kappa shape index (κ1) is 13.5. The summed E-state index contributed by atoms with van der Waals surface area (Å²) in [6.07, 6.45) is 1.59. The first-order valence-corrected chi connectivity index (χ1v) is 6.55. The minimum absolute atomic E-state index is 0.0657. The first-order valence-electron chi connectivity index (χ1n) is 6.55. The molecule has 3 aromatic rings. The van der Waals surface area contributed by atoms with E-state index in [9.17, 15) is 4.79 Å². The Bertz CT molecular complexity index is 734. The van der Waals surface area contributed by atoms with E-state index in [1.54, 1.807) is 41.5 Å². The number of hydrogen-bond donors (Lipinski definition) is 0. The number of nitrogens with zero attached hydrogens (tertiary/aromatic N) is 1. The molecule has 5 nitrogen and oxygen atoms in total. The number of likely N-dealkylation sites (N-methyl/N-ethyl adjacent to an activating group) is 1. The van der Waals surface area contributed by atoms with Crippen LogP contribution in [0.4, 0.5) is 0 Å². The lowest BCUT2D eigenvalue weighted by Crippen LogP contribution is -2.21. The molecule has 3 rings (SSSR count). The van der Waals surface area contributed by atoms with Crippen LogP contribution >= 0.6 is 0 Å². The Hall–Kier alpha value is -2.53. The van der Waals surface area contributed by atoms with Gasteiger partial charge in [-0.05, 0) is 50.5 Å². The molecular formula is C16H15NO4. The number of furan rings is 3. The topological polar surface area (TPSA) is 59.7 Å². The Morgan fingerprint density at radius 2 is 1.62 bits per heavy atom. The summed E-state index contributed by atoms with van der Waals surface area (Å²) in [4.78, 5) is 13.7. The predicted octanol–water partition coefficient (Wildman–Crippen LogP) is 3.54. The lowest BCUT2D eigenvalue weighted by molar-refractivity contribution is 0.0931. The second-order valence-electron chi connectivity index (χ2n) is 4.97. The Kier molecular flexibility index (Phi) is 3.50. The molecule has 0 bridgehead atoms. The van der Waals surface area contributed by atoms with E-state index in [1.807, 2.05) is 20.2 Å². The molecule has 21 heavy (non-hydrogen) atoms. The van der Waals surface area contributed by atoms with Gasteiger partial charge in [0.05, 0.1) is 12.8 Å². The van der Waals surface area contributed by atoms with Crippen molar-refractivity contribution < 1.29 is 18.0 Å². The SMILES string of the molecule is CN(C)CC(=O)c1ccc(-c2ccc(-c3ccco3)o2)o1. The number of ketones is 1. The third kappa shape index (κ3) is 2.83. The van der Waals surface area contributed by atoms with Crippen LogP contribution < -0.4 is 0 Å². The Morgan fingerprint density at radius 3 is 2.29 bits per heavy atom. The molecule has 3 aromatic heterocycles. The Balaban J connectivity index is 1.82. The van der Waals surface area contributed by atoms with Crippen LogP contribution in [0.1, 0.15) is 10.6 Å². The van der Waals surface area contributed by atoms with Crippen molar-refractivity contribution in [3.05, 3.63) is 48.4 Å². The molecule has 0 aromatic carbocycles. The molecule has 0 radical (unpaired) electrons. The second-order valence-corrected chi connectivity index (χ2v) is 4.97. The van der Waals surface area contributed by atoms with Gasteiger partial charge in [-0.15, -0.1) is 0 Å². The van der Waals surface area contributed by atoms with Crippen LogP contribution in [0.15, 0.2) is 55.9 Å². The summed E-state index contributed by atoms with van der Waals surface area (Å²) in [5.74, 6) is 2.61. The number of rotatable bonds is 5. The molecule has 0 amide bonds. The van der Waals surface area contributed by atoms with Crippen molar-refractivity contribution in [2.75, 3.05) is 20.6 Å². The van der Waals surface area contributed by atoms with Gasteiger partial charge in [0.25, 0.3) is 0 Å². The highest BCUT2D eigenvalue weighted by atomic mass is 16.4. The first-order chi connectivity index (χ1) is 10.1. The molecule has 0 unspecified atom stereocenters. The van der Waals surface area contributed by atoms with E-state index < -0.39 is 0 Å². The monoisotopic (exact) mass is 285 g/mol. The van der Waals surface area contributed by atoms with Gasteiger partial charge in [0.2, 0.25) is 5.78 Å². The molecule has 3 heterocycles. The lowest BCUT2D eigenvalue weighted by atomic mass is 10.3. The summed E-state index contributed by atoms with van der Waals surface area (Å²) in [6.45, 7) is 0.308. The Labute approximate surface area is 121 Å². The summed E-state index contributed by atoms with van der Waals surface area (Å²) in [7, 11) is 3.67. The average Bonchev–Trinajstić information content (AvgIpc) is 3.18. The third-order valence-corrected chi connectivity index (χ3v) is 2.95. The summed E-state index contributed by atoms with van der Waals surface area (Å²) in [5.41, 5.74) is 0. The smallest absolute Gasteiger partial charge is 0.211 e. The maximum Gasteiger partial charge on any atom is 0.211 e. The molecule has 0 aliphatic rings. The zero-order valence-electron chi connectivity index (χ0n) is 11.8. The number of carbonyl (C=O) groups excluding carboxylic acids is 1. The number of carbonyl (C=O) groups is 1. The highest BCUT2D eigenvalue weighted by Crippen LogP contribution is 2.29. The van der Waals surface area contributed by atoms with Gasteiger partial charge < -0.3 is 18.2 Å². The van der Waals surface area contributed by atoms with Gasteiger partial charge in [0, 0.05) is 0 Å². The molecule has 0 N–H and O–H groups in total. The van der Waals surface area contributed by atoms with Crippen LogP contribution in [0.25, 0.3) is 23.0 Å². The van der Waals surface area contributed by atoms with E-state index in [1.165, 1.54) is 0 Å². The van der Waals surface area contributed by atoms with E-state index >= 15 is 0 Å². The number of hydrogen-bond acceptors (Lipinski definition) is 5. The average molecular weight is 285 g/mol. The highest BCUT2D eigenvalue weighted by molar-refractivity contribution is 5.95. The predicted molar refractivity (Wildman–Crippen MR) is 77.0 cm³/mol. The van der Waals surface area contributed by atoms with Crippen molar-refractivity contribution >= 4 is 5.78 Å². The van der Waals surface area contributed by atoms with E-state index in [4.69, 9.17) is 13.3 Å². The van der Waals surface area contributed by atoms with E-state index in [-0.39, 0.29) is 5.78 Å². The van der Waals surface area contributed by atoms with Gasteiger partial charge in [0.1, 0.15) is 0 Å². The molecule has 5 heteroatoms. The van der Waals surface area contributed by atoms with Crippen LogP contribution in [-0.2, 0) is 0 Å². The standard InChI is InChI=1S/C16H15NO4/c1-17(2)10-11(18)12-5-6-15(20-12)16-8-7-14(21-16)13-4-3-9-19-13/h3-9H,10H2,1-2H3. The van der Waals surface area contributed by atoms with Crippen molar-refractivity contribution in [2.45, 2.75) is 0 Å². The van der Waals surface area contributed by atoms with Crippen LogP contribution in [0.3, 0.4) is 0 Å². The molecule has 0 saturated heterocycles. The molecule has 0 atom stereocenters. The van der Waals surface area contributed by atoms with E-state index in [2.05, 4.69) is 0 Å². The maximum absolute atomic E-state index is 11.9. The fraction of sp³-hybridized carbons (Fsp3) is 0.188. The second kappa shape index (κ2) is 5.46. The Morgan fingerprint density at radius 1 is 0.952 bits per heavy atom. The third-order valence-electron chi connectivity index (χ3n) is 2.95. The quantitative estimate of drug-likeness (QED) is 0.671. The minimum atomic E-state index is -0.0657. The molecule has 0 aliphatic heterocycles. The van der Waals surface area contributed by atoms with Crippen LogP contribution in [0, 0.1) is 0 Å². The van der Waals surface area contributed by atoms with Crippen molar-refractivity contribution in [3.63, 3.8) is 0 Å². The van der Waals surface area contributed by atoms with Gasteiger partial charge in [-0.3, -0.25) is 4.79 Å². The van der Waals surface area contributed by atoms with Crippen LogP contribution in [0.2, 0.25) is 0 Å². The van der Waals surface area contributed by atoms with Crippen molar-refractivity contribution in [1.82, 2.24) is 4.90 Å². The summed E-state index contributed by atoms with van der Waals surface area (Å²) < 4.78 is 16.5. The molecule has 108 valence electrons. The van der Waals surface area contributed by atoms with E-state index in [0.29, 0.717) is 35.3 Å². The van der Waals surface area contributed by atoms with Crippen molar-refractivity contribution in [1.29, 1.82) is 0 Å². The van der Waals surface area contributed by atoms with Gasteiger partial charge in [-0.1, -0.05) is 0 Å². The van der Waals surface area contributed by atoms with Gasteiger partial charge in [-0.2, -0.15) is 0 Å². The zero-order valence-corrected chi connectivity index (χ0v) is 11.8. The molecule has 0 spiro atoms. The van der Waals surface area contributed by atoms with Crippen molar-refractivity contribution in [2.24, 2.45) is 0 Å². The minimum Gasteiger partial charge on any atom is -0.461 e.